The van der Waals surface area contributed by atoms with Crippen LogP contribution in [0.3, 0.4) is 0 Å². The lowest BCUT2D eigenvalue weighted by Crippen LogP contribution is -2.12. The Balaban J connectivity index is 2.10. The molecular formula is C11H11N3O4S2. The van der Waals surface area contributed by atoms with Crippen LogP contribution in [-0.2, 0) is 21.2 Å². The number of aromatic nitrogens is 2. The number of nitrogens with one attached hydrogen (secondary N) is 1. The Morgan fingerprint density at radius 2 is 2.00 bits per heavy atom. The topological polar surface area (TPSA) is 109 Å². The zero-order chi connectivity index (χ0) is 14.6. The van der Waals surface area contributed by atoms with Crippen LogP contribution in [0.1, 0.15) is 12.0 Å². The van der Waals surface area contributed by atoms with E-state index in [1.165, 1.54) is 17.6 Å². The summed E-state index contributed by atoms with van der Waals surface area (Å²) in [5, 5.41) is 15.9. The van der Waals surface area contributed by atoms with Gasteiger partial charge in [-0.2, -0.15) is 0 Å². The molecule has 0 aliphatic heterocycles. The third-order valence-electron chi connectivity index (χ3n) is 2.44. The summed E-state index contributed by atoms with van der Waals surface area (Å²) < 4.78 is 26.3. The molecule has 2 N–H and O–H groups in total. The highest BCUT2D eigenvalue weighted by Crippen LogP contribution is 2.17. The molecule has 1 heterocycles. The minimum Gasteiger partial charge on any atom is -0.481 e. The molecule has 2 rings (SSSR count). The second-order valence-corrected chi connectivity index (χ2v) is 6.40. The van der Waals surface area contributed by atoms with E-state index in [1.54, 1.807) is 12.1 Å². The third-order valence-corrected chi connectivity index (χ3v) is 4.53. The van der Waals surface area contributed by atoms with E-state index in [1.807, 2.05) is 0 Å². The summed E-state index contributed by atoms with van der Waals surface area (Å²) in [5.41, 5.74) is 2.19. The largest absolute Gasteiger partial charge is 0.481 e. The molecule has 0 saturated heterocycles. The summed E-state index contributed by atoms with van der Waals surface area (Å²) in [5.74, 6) is -0.889. The molecule has 0 aliphatic carbocycles. The van der Waals surface area contributed by atoms with Gasteiger partial charge in [0.25, 0.3) is 10.0 Å². The van der Waals surface area contributed by atoms with E-state index in [0.717, 1.165) is 16.9 Å². The lowest BCUT2D eigenvalue weighted by Gasteiger charge is -2.05. The van der Waals surface area contributed by atoms with Crippen LogP contribution in [0, 0.1) is 0 Å². The highest BCUT2D eigenvalue weighted by molar-refractivity contribution is 7.93. The van der Waals surface area contributed by atoms with E-state index in [0.29, 0.717) is 6.42 Å². The van der Waals surface area contributed by atoms with Crippen molar-refractivity contribution in [3.8, 4) is 0 Å². The standard InChI is InChI=1S/C11H11N3O4S2/c15-10(16)6-3-8-1-4-9(5-2-8)20(17,18)14-11-13-12-7-19-11/h1-2,4-5,7H,3,6H2,(H,13,14)(H,15,16). The van der Waals surface area contributed by atoms with Gasteiger partial charge in [-0.05, 0) is 24.1 Å². The van der Waals surface area contributed by atoms with Crippen molar-refractivity contribution < 1.29 is 18.3 Å². The fourth-order valence-electron chi connectivity index (χ4n) is 1.48. The fourth-order valence-corrected chi connectivity index (χ4v) is 3.17. The molecule has 0 fully saturated rings. The number of carboxylic acids is 1. The number of anilines is 1. The van der Waals surface area contributed by atoms with Gasteiger partial charge in [0, 0.05) is 6.42 Å². The van der Waals surface area contributed by atoms with Crippen molar-refractivity contribution in [3.63, 3.8) is 0 Å². The van der Waals surface area contributed by atoms with Gasteiger partial charge in [-0.15, -0.1) is 10.2 Å². The van der Waals surface area contributed by atoms with Crippen molar-refractivity contribution in [3.05, 3.63) is 35.3 Å². The van der Waals surface area contributed by atoms with Gasteiger partial charge in [0.05, 0.1) is 4.90 Å². The van der Waals surface area contributed by atoms with Crippen LogP contribution in [0.25, 0.3) is 0 Å². The van der Waals surface area contributed by atoms with E-state index in [2.05, 4.69) is 14.9 Å². The molecule has 0 radical (unpaired) electrons. The smallest absolute Gasteiger partial charge is 0.303 e. The number of hydrogen-bond donors (Lipinski definition) is 2. The first-order chi connectivity index (χ1) is 9.47. The van der Waals surface area contributed by atoms with Crippen molar-refractivity contribution in [2.45, 2.75) is 17.7 Å². The van der Waals surface area contributed by atoms with E-state index in [4.69, 9.17) is 5.11 Å². The molecule has 0 atom stereocenters. The number of nitrogens with zero attached hydrogens (tertiary/aromatic N) is 2. The highest BCUT2D eigenvalue weighted by atomic mass is 32.2. The van der Waals surface area contributed by atoms with Crippen LogP contribution in [0.15, 0.2) is 34.7 Å². The number of carbonyl (C=O) groups is 1. The monoisotopic (exact) mass is 313 g/mol. The number of aliphatic carboxylic acids is 1. The van der Waals surface area contributed by atoms with Crippen LogP contribution >= 0.6 is 11.3 Å². The summed E-state index contributed by atoms with van der Waals surface area (Å²) in [6.45, 7) is 0. The van der Waals surface area contributed by atoms with Crippen LogP contribution in [-0.4, -0.2) is 29.7 Å². The van der Waals surface area contributed by atoms with Gasteiger partial charge in [-0.25, -0.2) is 8.42 Å². The number of rotatable bonds is 6. The molecule has 106 valence electrons. The van der Waals surface area contributed by atoms with Gasteiger partial charge in [0.1, 0.15) is 5.51 Å². The quantitative estimate of drug-likeness (QED) is 0.833. The lowest BCUT2D eigenvalue weighted by atomic mass is 10.1. The molecule has 1 aromatic heterocycles. The number of benzene rings is 1. The van der Waals surface area contributed by atoms with Crippen molar-refractivity contribution in [1.29, 1.82) is 0 Å². The molecule has 7 nitrogen and oxygen atoms in total. The maximum atomic E-state index is 12.0. The van der Waals surface area contributed by atoms with Gasteiger partial charge in [0.15, 0.2) is 0 Å². The molecule has 0 unspecified atom stereocenters. The van der Waals surface area contributed by atoms with Crippen molar-refractivity contribution in [2.75, 3.05) is 4.72 Å². The van der Waals surface area contributed by atoms with Crippen molar-refractivity contribution >= 4 is 32.5 Å². The van der Waals surface area contributed by atoms with Crippen LogP contribution in [0.5, 0.6) is 0 Å². The highest BCUT2D eigenvalue weighted by Gasteiger charge is 2.15. The van der Waals surface area contributed by atoms with Gasteiger partial charge < -0.3 is 5.11 Å². The molecule has 0 amide bonds. The molecule has 0 saturated carbocycles. The first-order valence-electron chi connectivity index (χ1n) is 5.57. The zero-order valence-corrected chi connectivity index (χ0v) is 11.8. The Morgan fingerprint density at radius 1 is 1.30 bits per heavy atom. The number of hydrogen-bond acceptors (Lipinski definition) is 6. The summed E-state index contributed by atoms with van der Waals surface area (Å²) in [6, 6.07) is 6.05. The Morgan fingerprint density at radius 3 is 2.55 bits per heavy atom. The summed E-state index contributed by atoms with van der Waals surface area (Å²) in [6.07, 6.45) is 0.370. The molecule has 2 aromatic rings. The van der Waals surface area contributed by atoms with Crippen LogP contribution in [0.2, 0.25) is 0 Å². The predicted octanol–water partition coefficient (Wildman–Crippen LogP) is 1.36. The van der Waals surface area contributed by atoms with Crippen LogP contribution < -0.4 is 4.72 Å². The molecular weight excluding hydrogens is 302 g/mol. The van der Waals surface area contributed by atoms with Gasteiger partial charge in [-0.1, -0.05) is 23.5 Å². The SMILES string of the molecule is O=C(O)CCc1ccc(S(=O)(=O)Nc2nncs2)cc1. The fraction of sp³-hybridized carbons (Fsp3) is 0.182. The van der Waals surface area contributed by atoms with E-state index < -0.39 is 16.0 Å². The average molecular weight is 313 g/mol. The molecule has 0 bridgehead atoms. The number of aryl methyl sites for hydroxylation is 1. The maximum absolute atomic E-state index is 12.0. The van der Waals surface area contributed by atoms with E-state index in [9.17, 15) is 13.2 Å². The Labute approximate surface area is 119 Å². The number of sulfonamides is 1. The number of carboxylic acid groups (broad SMARTS) is 1. The maximum Gasteiger partial charge on any atom is 0.303 e. The van der Waals surface area contributed by atoms with Crippen LogP contribution in [0.4, 0.5) is 5.13 Å². The van der Waals surface area contributed by atoms with Crippen molar-refractivity contribution in [2.24, 2.45) is 0 Å². The second kappa shape index (κ2) is 5.97. The van der Waals surface area contributed by atoms with Gasteiger partial charge in [0.2, 0.25) is 5.13 Å². The minimum absolute atomic E-state index is 0.00906. The Kier molecular flexibility index (Phi) is 4.30. The second-order valence-electron chi connectivity index (χ2n) is 3.89. The molecule has 9 heteroatoms. The summed E-state index contributed by atoms with van der Waals surface area (Å²) in [7, 11) is -3.69. The zero-order valence-electron chi connectivity index (χ0n) is 10.2. The Hall–Kier alpha value is -2.00. The average Bonchev–Trinajstić information content (AvgIpc) is 2.89. The normalized spacial score (nSPS) is 11.2. The Bertz CT molecular complexity index is 681. The molecule has 20 heavy (non-hydrogen) atoms. The van der Waals surface area contributed by atoms with Gasteiger partial charge in [-0.3, -0.25) is 9.52 Å². The van der Waals surface area contributed by atoms with E-state index >= 15 is 0 Å². The van der Waals surface area contributed by atoms with E-state index in [-0.39, 0.29) is 16.4 Å². The lowest BCUT2D eigenvalue weighted by molar-refractivity contribution is -0.136. The molecule has 0 aliphatic rings. The predicted molar refractivity (Wildman–Crippen MR) is 73.1 cm³/mol. The summed E-state index contributed by atoms with van der Waals surface area (Å²) >= 11 is 1.08. The third kappa shape index (κ3) is 3.75. The first kappa shape index (κ1) is 14.4. The summed E-state index contributed by atoms with van der Waals surface area (Å²) in [4.78, 5) is 10.5. The molecule has 1 aromatic carbocycles. The first-order valence-corrected chi connectivity index (χ1v) is 7.93. The van der Waals surface area contributed by atoms with Gasteiger partial charge >= 0.3 is 5.97 Å². The molecule has 0 spiro atoms. The minimum atomic E-state index is -3.69. The van der Waals surface area contributed by atoms with Crippen molar-refractivity contribution in [1.82, 2.24) is 10.2 Å².